The summed E-state index contributed by atoms with van der Waals surface area (Å²) in [6, 6.07) is 14.4. The van der Waals surface area contributed by atoms with Gasteiger partial charge in [-0.1, -0.05) is 35.9 Å². The van der Waals surface area contributed by atoms with Crippen LogP contribution in [0.5, 0.6) is 0 Å². The summed E-state index contributed by atoms with van der Waals surface area (Å²) in [5, 5.41) is 0. The topological polar surface area (TPSA) is 63.7 Å². The Hall–Kier alpha value is -2.12. The molecule has 25 heavy (non-hydrogen) atoms. The van der Waals surface area contributed by atoms with Crippen LogP contribution < -0.4 is 4.81 Å². The van der Waals surface area contributed by atoms with Crippen LogP contribution in [0.3, 0.4) is 0 Å². The number of fused-ring (bicyclic) bond motifs is 1. The van der Waals surface area contributed by atoms with E-state index in [2.05, 4.69) is 0 Å². The lowest BCUT2D eigenvalue weighted by molar-refractivity contribution is 0.254. The van der Waals surface area contributed by atoms with E-state index in [0.717, 1.165) is 23.0 Å². The molecule has 1 aliphatic rings. The molecule has 2 aromatic rings. The zero-order chi connectivity index (χ0) is 17.9. The number of hydrogen-bond acceptors (Lipinski definition) is 5. The largest absolute Gasteiger partial charge is 0.412 e. The van der Waals surface area contributed by atoms with Crippen LogP contribution in [0.1, 0.15) is 11.1 Å². The van der Waals surface area contributed by atoms with Gasteiger partial charge in [-0.2, -0.15) is 8.42 Å². The van der Waals surface area contributed by atoms with Gasteiger partial charge in [0.15, 0.2) is 0 Å². The van der Waals surface area contributed by atoms with E-state index in [0.29, 0.717) is 13.0 Å². The number of hydrogen-bond donors (Lipinski definition) is 0. The Labute approximate surface area is 149 Å². The third-order valence-electron chi connectivity index (χ3n) is 4.27. The number of aryl methyl sites for hydroxylation is 1. The first-order chi connectivity index (χ1) is 12.0. The van der Waals surface area contributed by atoms with Crippen molar-refractivity contribution in [2.75, 3.05) is 18.0 Å². The third-order valence-corrected chi connectivity index (χ3v) is 5.57. The van der Waals surface area contributed by atoms with Gasteiger partial charge in [0.05, 0.1) is 11.5 Å². The van der Waals surface area contributed by atoms with Gasteiger partial charge in [-0.25, -0.2) is 0 Å². The van der Waals surface area contributed by atoms with E-state index in [1.807, 2.05) is 36.0 Å². The third kappa shape index (κ3) is 4.11. The fraction of sp³-hybridized carbons (Fsp3) is 0.278. The van der Waals surface area contributed by atoms with Gasteiger partial charge in [-0.15, -0.1) is 0 Å². The molecule has 1 atom stereocenters. The molecule has 0 fully saturated rings. The molecule has 5 nitrogen and oxygen atoms in total. The minimum Gasteiger partial charge on any atom is -0.412 e. The Bertz CT molecular complexity index is 852. The molecule has 0 saturated heterocycles. The summed E-state index contributed by atoms with van der Waals surface area (Å²) in [4.78, 5) is 12.9. The van der Waals surface area contributed by atoms with E-state index in [-0.39, 0.29) is 17.4 Å². The van der Waals surface area contributed by atoms with Crippen molar-refractivity contribution in [3.63, 3.8) is 0 Å². The van der Waals surface area contributed by atoms with Crippen LogP contribution >= 0.6 is 0 Å². The summed E-state index contributed by atoms with van der Waals surface area (Å²) in [5.41, 5.74) is 3.04. The van der Waals surface area contributed by atoms with Gasteiger partial charge < -0.3 is 9.61 Å². The highest BCUT2D eigenvalue weighted by molar-refractivity contribution is 7.86. The van der Waals surface area contributed by atoms with Crippen LogP contribution in [-0.4, -0.2) is 35.2 Å². The number of carbonyl (C=O) groups is 1. The van der Waals surface area contributed by atoms with Crippen molar-refractivity contribution in [2.45, 2.75) is 18.2 Å². The molecule has 1 aliphatic heterocycles. The highest BCUT2D eigenvalue weighted by atomic mass is 32.2. The zero-order valence-corrected chi connectivity index (χ0v) is 14.8. The van der Waals surface area contributed by atoms with Crippen molar-refractivity contribution in [3.8, 4) is 0 Å². The lowest BCUT2D eigenvalue weighted by atomic mass is 9.84. The maximum absolute atomic E-state index is 12.3. The molecule has 0 N–H and O–H groups in total. The maximum atomic E-state index is 12.3. The lowest BCUT2D eigenvalue weighted by Gasteiger charge is -2.34. The van der Waals surface area contributed by atoms with E-state index in [9.17, 15) is 13.2 Å². The molecule has 7 heteroatoms. The predicted molar refractivity (Wildman–Crippen MR) is 97.8 cm³/mol. The van der Waals surface area contributed by atoms with E-state index in [1.54, 1.807) is 24.3 Å². The molecule has 3 rings (SSSR count). The summed E-state index contributed by atoms with van der Waals surface area (Å²) in [6.07, 6.45) is 1.45. The van der Waals surface area contributed by atoms with E-state index < -0.39 is 10.1 Å². The fourth-order valence-electron chi connectivity index (χ4n) is 3.00. The van der Waals surface area contributed by atoms with Gasteiger partial charge in [0.25, 0.3) is 10.1 Å². The molecule has 0 spiro atoms. The minimum absolute atomic E-state index is 0.0219. The Morgan fingerprint density at radius 1 is 1.20 bits per heavy atom. The molecular formula is C18H19BNO4S. The normalized spacial score (nSPS) is 17.0. The predicted octanol–water partition coefficient (Wildman–Crippen LogP) is 2.19. The summed E-state index contributed by atoms with van der Waals surface area (Å²) >= 11 is 0. The highest BCUT2D eigenvalue weighted by Crippen LogP contribution is 2.29. The van der Waals surface area contributed by atoms with Crippen LogP contribution in [-0.2, 0) is 25.5 Å². The second-order valence-corrected chi connectivity index (χ2v) is 7.80. The first-order valence-electron chi connectivity index (χ1n) is 8.09. The molecule has 2 aromatic carbocycles. The summed E-state index contributed by atoms with van der Waals surface area (Å²) in [5.74, 6) is -0.0219. The molecule has 0 bridgehead atoms. The number of anilines is 1. The number of rotatable bonds is 6. The average molecular weight is 356 g/mol. The van der Waals surface area contributed by atoms with Gasteiger partial charge in [0, 0.05) is 18.2 Å². The minimum atomic E-state index is -3.78. The molecule has 0 aliphatic carbocycles. The zero-order valence-electron chi connectivity index (χ0n) is 14.0. The second kappa shape index (κ2) is 7.41. The Kier molecular flexibility index (Phi) is 5.25. The molecule has 0 amide bonds. The van der Waals surface area contributed by atoms with Gasteiger partial charge in [0.2, 0.25) is 0 Å². The SMILES string of the molecule is Cc1ccc(S(=O)(=O)OCC2Cc3ccccc3N([B]C=O)C2)cc1. The van der Waals surface area contributed by atoms with Crippen LogP contribution in [0.15, 0.2) is 53.4 Å². The molecule has 1 heterocycles. The molecule has 0 saturated carbocycles. The van der Waals surface area contributed by atoms with Crippen LogP contribution in [0.25, 0.3) is 0 Å². The van der Waals surface area contributed by atoms with Crippen LogP contribution in [0.2, 0.25) is 0 Å². The van der Waals surface area contributed by atoms with E-state index >= 15 is 0 Å². The Morgan fingerprint density at radius 2 is 1.92 bits per heavy atom. The Morgan fingerprint density at radius 3 is 2.64 bits per heavy atom. The van der Waals surface area contributed by atoms with E-state index in [1.165, 1.54) is 7.41 Å². The Balaban J connectivity index is 1.71. The molecule has 1 unspecified atom stereocenters. The number of nitrogens with zero attached hydrogens (tertiary/aromatic N) is 1. The average Bonchev–Trinajstić information content (AvgIpc) is 2.61. The summed E-state index contributed by atoms with van der Waals surface area (Å²) in [6.45, 7) is 2.52. The maximum Gasteiger partial charge on any atom is 0.328 e. The van der Waals surface area contributed by atoms with Gasteiger partial charge in [-0.05, 0) is 37.1 Å². The van der Waals surface area contributed by atoms with Gasteiger partial charge in [0.1, 0.15) is 6.19 Å². The standard InChI is InChI=1S/C18H19BNO4S/c1-14-6-8-17(9-7-14)25(22,23)24-12-15-10-16-4-2-3-5-18(16)20(11-15)19-13-21/h2-9,13,15H,10-12H2,1H3. The van der Waals surface area contributed by atoms with Crippen molar-refractivity contribution < 1.29 is 17.4 Å². The molecule has 1 radical (unpaired) electrons. The molecule has 129 valence electrons. The van der Waals surface area contributed by atoms with Gasteiger partial charge in [-0.3, -0.25) is 4.18 Å². The second-order valence-electron chi connectivity index (χ2n) is 6.19. The summed E-state index contributed by atoms with van der Waals surface area (Å²) in [7, 11) is -2.31. The number of carbonyl (C=O) groups excluding carboxylic acids is 1. The number of benzene rings is 2. The van der Waals surface area contributed by atoms with Gasteiger partial charge >= 0.3 is 7.41 Å². The van der Waals surface area contributed by atoms with Crippen molar-refractivity contribution in [1.82, 2.24) is 0 Å². The van der Waals surface area contributed by atoms with Crippen molar-refractivity contribution in [2.24, 2.45) is 5.92 Å². The van der Waals surface area contributed by atoms with Crippen LogP contribution in [0, 0.1) is 12.8 Å². The lowest BCUT2D eigenvalue weighted by Crippen LogP contribution is -2.40. The smallest absolute Gasteiger partial charge is 0.328 e. The van der Waals surface area contributed by atoms with Crippen molar-refractivity contribution in [1.29, 1.82) is 0 Å². The quantitative estimate of drug-likeness (QED) is 0.451. The first kappa shape index (κ1) is 17.7. The number of para-hydroxylation sites is 1. The highest BCUT2D eigenvalue weighted by Gasteiger charge is 2.26. The van der Waals surface area contributed by atoms with Crippen LogP contribution in [0.4, 0.5) is 5.69 Å². The molecule has 0 aromatic heterocycles. The monoisotopic (exact) mass is 356 g/mol. The fourth-order valence-corrected chi connectivity index (χ4v) is 3.98. The van der Waals surface area contributed by atoms with Crippen molar-refractivity contribution in [3.05, 3.63) is 59.7 Å². The molecular weight excluding hydrogens is 337 g/mol. The summed E-state index contributed by atoms with van der Waals surface area (Å²) < 4.78 is 30.0. The first-order valence-corrected chi connectivity index (χ1v) is 9.50. The van der Waals surface area contributed by atoms with Crippen molar-refractivity contribution >= 4 is 29.4 Å². The van der Waals surface area contributed by atoms with E-state index in [4.69, 9.17) is 4.18 Å².